The number of rotatable bonds is 6. The van der Waals surface area contributed by atoms with E-state index < -0.39 is 0 Å². The molecule has 2 N–H and O–H groups in total. The van der Waals surface area contributed by atoms with Crippen LogP contribution < -0.4 is 5.73 Å². The van der Waals surface area contributed by atoms with Crippen LogP contribution in [0.3, 0.4) is 0 Å². The van der Waals surface area contributed by atoms with Gasteiger partial charge in [0.05, 0.1) is 30.0 Å². The minimum atomic E-state index is 0.132. The van der Waals surface area contributed by atoms with Gasteiger partial charge in [-0.2, -0.15) is 0 Å². The smallest absolute Gasteiger partial charge is 0.152 e. The number of nitrogens with two attached hydrogens (primary N) is 1. The van der Waals surface area contributed by atoms with E-state index in [0.717, 1.165) is 28.4 Å². The molecular weight excluding hydrogens is 324 g/mol. The van der Waals surface area contributed by atoms with Crippen molar-refractivity contribution in [2.45, 2.75) is 19.4 Å². The minimum absolute atomic E-state index is 0.132. The van der Waals surface area contributed by atoms with Crippen molar-refractivity contribution in [1.29, 1.82) is 0 Å². The number of fused-ring (bicyclic) bond motifs is 3. The first-order chi connectivity index (χ1) is 12.8. The topological polar surface area (TPSA) is 66.0 Å². The largest absolute Gasteiger partial charge is 0.382 e. The molecule has 0 saturated carbocycles. The van der Waals surface area contributed by atoms with Crippen LogP contribution in [0.1, 0.15) is 18.5 Å². The highest BCUT2D eigenvalue weighted by Gasteiger charge is 2.19. The summed E-state index contributed by atoms with van der Waals surface area (Å²) in [5, 5.41) is 1.06. The summed E-state index contributed by atoms with van der Waals surface area (Å²) in [7, 11) is 0. The van der Waals surface area contributed by atoms with E-state index in [1.54, 1.807) is 0 Å². The van der Waals surface area contributed by atoms with Crippen LogP contribution in [0.4, 0.5) is 5.82 Å². The standard InChI is InChI=1S/C21H22N4O/c1-2-26-13-16(12-15-8-4-3-5-9-15)25-14-23-19-20(25)17-10-6-7-11-18(17)24-21(19)22/h3-11,14,16H,2,12-13H2,1H3,(H2,22,24)/t16-/m0/s1. The Bertz CT molecular complexity index is 1030. The molecule has 26 heavy (non-hydrogen) atoms. The molecule has 0 saturated heterocycles. The van der Waals surface area contributed by atoms with E-state index in [4.69, 9.17) is 10.5 Å². The van der Waals surface area contributed by atoms with Crippen molar-refractivity contribution in [3.05, 3.63) is 66.5 Å². The van der Waals surface area contributed by atoms with Crippen LogP contribution >= 0.6 is 0 Å². The van der Waals surface area contributed by atoms with Crippen molar-refractivity contribution in [3.63, 3.8) is 0 Å². The molecule has 0 unspecified atom stereocenters. The van der Waals surface area contributed by atoms with Crippen molar-refractivity contribution >= 4 is 27.8 Å². The van der Waals surface area contributed by atoms with Crippen molar-refractivity contribution in [2.75, 3.05) is 18.9 Å². The van der Waals surface area contributed by atoms with E-state index in [1.165, 1.54) is 5.56 Å². The molecule has 132 valence electrons. The molecule has 0 aliphatic heterocycles. The maximum atomic E-state index is 6.17. The van der Waals surface area contributed by atoms with Gasteiger partial charge in [-0.25, -0.2) is 9.97 Å². The first-order valence-corrected chi connectivity index (χ1v) is 8.90. The van der Waals surface area contributed by atoms with Gasteiger partial charge in [0, 0.05) is 12.0 Å². The normalized spacial score (nSPS) is 12.7. The summed E-state index contributed by atoms with van der Waals surface area (Å²) in [6.45, 7) is 3.32. The number of nitrogen functional groups attached to an aromatic ring is 1. The summed E-state index contributed by atoms with van der Waals surface area (Å²) < 4.78 is 7.98. The van der Waals surface area contributed by atoms with Gasteiger partial charge >= 0.3 is 0 Å². The van der Waals surface area contributed by atoms with Crippen LogP contribution in [0.5, 0.6) is 0 Å². The van der Waals surface area contributed by atoms with Gasteiger partial charge in [0.1, 0.15) is 5.52 Å². The molecule has 0 radical (unpaired) electrons. The van der Waals surface area contributed by atoms with Gasteiger partial charge in [-0.15, -0.1) is 0 Å². The third kappa shape index (κ3) is 3.02. The van der Waals surface area contributed by atoms with Crippen LogP contribution in [0, 0.1) is 0 Å². The molecule has 5 nitrogen and oxygen atoms in total. The SMILES string of the molecule is CCOC[C@H](Cc1ccccc1)n1cnc2c(N)nc3ccccc3c21. The van der Waals surface area contributed by atoms with E-state index >= 15 is 0 Å². The lowest BCUT2D eigenvalue weighted by Crippen LogP contribution is -2.18. The first-order valence-electron chi connectivity index (χ1n) is 8.90. The Balaban J connectivity index is 1.86. The molecule has 5 heteroatoms. The predicted octanol–water partition coefficient (Wildman–Crippen LogP) is 3.99. The molecule has 0 fully saturated rings. The van der Waals surface area contributed by atoms with E-state index in [0.29, 0.717) is 19.0 Å². The van der Waals surface area contributed by atoms with Crippen LogP contribution in [0.25, 0.3) is 21.9 Å². The number of hydrogen-bond acceptors (Lipinski definition) is 4. The number of nitrogens with zero attached hydrogens (tertiary/aromatic N) is 3. The maximum absolute atomic E-state index is 6.17. The second-order valence-electron chi connectivity index (χ2n) is 6.37. The lowest BCUT2D eigenvalue weighted by molar-refractivity contribution is 0.114. The fraction of sp³-hybridized carbons (Fsp3) is 0.238. The van der Waals surface area contributed by atoms with Crippen molar-refractivity contribution < 1.29 is 4.74 Å². The van der Waals surface area contributed by atoms with Crippen molar-refractivity contribution in [2.24, 2.45) is 0 Å². The summed E-state index contributed by atoms with van der Waals surface area (Å²) in [6, 6.07) is 18.6. The van der Waals surface area contributed by atoms with Crippen LogP contribution in [-0.2, 0) is 11.2 Å². The quantitative estimate of drug-likeness (QED) is 0.573. The molecule has 0 bridgehead atoms. The number of ether oxygens (including phenoxy) is 1. The maximum Gasteiger partial charge on any atom is 0.152 e. The highest BCUT2D eigenvalue weighted by Crippen LogP contribution is 2.30. The second-order valence-corrected chi connectivity index (χ2v) is 6.37. The summed E-state index contributed by atoms with van der Waals surface area (Å²) in [5.74, 6) is 0.465. The summed E-state index contributed by atoms with van der Waals surface area (Å²) in [6.07, 6.45) is 2.73. The molecule has 0 aliphatic rings. The summed E-state index contributed by atoms with van der Waals surface area (Å²) >= 11 is 0. The number of benzene rings is 2. The lowest BCUT2D eigenvalue weighted by Gasteiger charge is -2.20. The molecule has 2 aromatic carbocycles. The fourth-order valence-electron chi connectivity index (χ4n) is 3.42. The molecule has 0 spiro atoms. The van der Waals surface area contributed by atoms with Gasteiger partial charge in [-0.1, -0.05) is 48.5 Å². The molecule has 4 rings (SSSR count). The molecule has 0 amide bonds. The summed E-state index contributed by atoms with van der Waals surface area (Å²) in [4.78, 5) is 9.05. The minimum Gasteiger partial charge on any atom is -0.382 e. The average Bonchev–Trinajstić information content (AvgIpc) is 3.12. The third-order valence-electron chi connectivity index (χ3n) is 4.66. The Labute approximate surface area is 152 Å². The molecule has 1 atom stereocenters. The fourth-order valence-corrected chi connectivity index (χ4v) is 3.42. The molecule has 2 aromatic heterocycles. The van der Waals surface area contributed by atoms with Crippen molar-refractivity contribution in [3.8, 4) is 0 Å². The Kier molecular flexibility index (Phi) is 4.54. The van der Waals surface area contributed by atoms with Gasteiger partial charge in [-0.05, 0) is 25.0 Å². The zero-order valence-electron chi connectivity index (χ0n) is 14.8. The molecule has 4 aromatic rings. The Morgan fingerprint density at radius 2 is 1.85 bits per heavy atom. The number of hydrogen-bond donors (Lipinski definition) is 1. The van der Waals surface area contributed by atoms with Crippen molar-refractivity contribution in [1.82, 2.24) is 14.5 Å². The number of aromatic nitrogens is 3. The lowest BCUT2D eigenvalue weighted by atomic mass is 10.1. The Morgan fingerprint density at radius 3 is 2.65 bits per heavy atom. The molecule has 2 heterocycles. The van der Waals surface area contributed by atoms with Gasteiger partial charge in [0.25, 0.3) is 0 Å². The van der Waals surface area contributed by atoms with Gasteiger partial charge < -0.3 is 15.0 Å². The monoisotopic (exact) mass is 346 g/mol. The summed E-state index contributed by atoms with van der Waals surface area (Å²) in [5.41, 5.74) is 10.1. The zero-order chi connectivity index (χ0) is 17.9. The number of pyridine rings is 1. The van der Waals surface area contributed by atoms with Crippen LogP contribution in [-0.4, -0.2) is 27.7 Å². The average molecular weight is 346 g/mol. The zero-order valence-corrected chi connectivity index (χ0v) is 14.8. The highest BCUT2D eigenvalue weighted by atomic mass is 16.5. The second kappa shape index (κ2) is 7.14. The molecule has 0 aliphatic carbocycles. The van der Waals surface area contributed by atoms with Gasteiger partial charge in [0.2, 0.25) is 0 Å². The van der Waals surface area contributed by atoms with Crippen LogP contribution in [0.2, 0.25) is 0 Å². The Morgan fingerprint density at radius 1 is 1.08 bits per heavy atom. The molecular formula is C21H22N4O. The van der Waals surface area contributed by atoms with Gasteiger partial charge in [-0.3, -0.25) is 0 Å². The van der Waals surface area contributed by atoms with Gasteiger partial charge in [0.15, 0.2) is 5.82 Å². The highest BCUT2D eigenvalue weighted by molar-refractivity contribution is 6.06. The van der Waals surface area contributed by atoms with E-state index in [1.807, 2.05) is 37.5 Å². The number of para-hydroxylation sites is 1. The van der Waals surface area contributed by atoms with E-state index in [9.17, 15) is 0 Å². The third-order valence-corrected chi connectivity index (χ3v) is 4.66. The van der Waals surface area contributed by atoms with Crippen LogP contribution in [0.15, 0.2) is 60.9 Å². The Hall–Kier alpha value is -2.92. The number of anilines is 1. The van der Waals surface area contributed by atoms with E-state index in [2.05, 4.69) is 44.9 Å². The number of imidazole rings is 1. The predicted molar refractivity (Wildman–Crippen MR) is 105 cm³/mol. The first kappa shape index (κ1) is 16.5. The van der Waals surface area contributed by atoms with E-state index in [-0.39, 0.29) is 6.04 Å².